The van der Waals surface area contributed by atoms with E-state index in [4.69, 9.17) is 4.98 Å². The zero-order chi connectivity index (χ0) is 13.5. The summed E-state index contributed by atoms with van der Waals surface area (Å²) in [7, 11) is 0. The van der Waals surface area contributed by atoms with Crippen molar-refractivity contribution in [3.63, 3.8) is 0 Å². The maximum absolute atomic E-state index is 11.8. The van der Waals surface area contributed by atoms with E-state index in [9.17, 15) is 4.79 Å². The molecule has 0 amide bonds. The topological polar surface area (TPSA) is 42.9 Å². The van der Waals surface area contributed by atoms with Crippen LogP contribution >= 0.6 is 0 Å². The van der Waals surface area contributed by atoms with Crippen LogP contribution in [0, 0.1) is 5.41 Å². The van der Waals surface area contributed by atoms with E-state index in [1.54, 1.807) is 6.20 Å². The van der Waals surface area contributed by atoms with E-state index in [-0.39, 0.29) is 5.78 Å². The summed E-state index contributed by atoms with van der Waals surface area (Å²) in [6.07, 6.45) is 9.18. The molecule has 0 saturated heterocycles. The minimum atomic E-state index is 0.220. The molecule has 3 rings (SSSR count). The number of rotatable bonds is 1. The van der Waals surface area contributed by atoms with Gasteiger partial charge in [0.1, 0.15) is 5.82 Å². The van der Waals surface area contributed by atoms with Gasteiger partial charge in [-0.2, -0.15) is 0 Å². The van der Waals surface area contributed by atoms with E-state index in [0.29, 0.717) is 17.8 Å². The Hall–Kier alpha value is -1.25. The first-order valence-corrected chi connectivity index (χ1v) is 7.44. The van der Waals surface area contributed by atoms with Gasteiger partial charge in [-0.05, 0) is 43.9 Å². The second kappa shape index (κ2) is 4.69. The van der Waals surface area contributed by atoms with Gasteiger partial charge in [0.2, 0.25) is 0 Å². The van der Waals surface area contributed by atoms with Crippen LogP contribution in [-0.4, -0.2) is 15.8 Å². The predicted octanol–water partition coefficient (Wildman–Crippen LogP) is 3.68. The van der Waals surface area contributed by atoms with Crippen LogP contribution in [0.4, 0.5) is 0 Å². The molecular formula is C16H22N2O. The van der Waals surface area contributed by atoms with Crippen LogP contribution in [0.5, 0.6) is 0 Å². The second-order valence-electron chi connectivity index (χ2n) is 6.80. The molecule has 0 N–H and O–H groups in total. The van der Waals surface area contributed by atoms with Crippen molar-refractivity contribution in [1.29, 1.82) is 0 Å². The fourth-order valence-corrected chi connectivity index (χ4v) is 3.26. The molecule has 3 heteroatoms. The van der Waals surface area contributed by atoms with Crippen molar-refractivity contribution < 1.29 is 4.79 Å². The molecule has 0 aromatic carbocycles. The van der Waals surface area contributed by atoms with Crippen molar-refractivity contribution in [3.05, 3.63) is 23.3 Å². The summed E-state index contributed by atoms with van der Waals surface area (Å²) in [5, 5.41) is 0. The molecule has 2 aliphatic rings. The van der Waals surface area contributed by atoms with Gasteiger partial charge in [-0.3, -0.25) is 4.79 Å². The van der Waals surface area contributed by atoms with Crippen LogP contribution in [0.3, 0.4) is 0 Å². The Morgan fingerprint density at radius 3 is 2.68 bits per heavy atom. The lowest BCUT2D eigenvalue weighted by atomic mass is 9.73. The van der Waals surface area contributed by atoms with E-state index >= 15 is 0 Å². The van der Waals surface area contributed by atoms with Crippen molar-refractivity contribution in [2.24, 2.45) is 5.41 Å². The Kier molecular flexibility index (Phi) is 3.15. The van der Waals surface area contributed by atoms with Gasteiger partial charge in [-0.1, -0.05) is 13.8 Å². The molecule has 19 heavy (non-hydrogen) atoms. The molecule has 1 saturated carbocycles. The van der Waals surface area contributed by atoms with Gasteiger partial charge in [0.25, 0.3) is 0 Å². The maximum Gasteiger partial charge on any atom is 0.166 e. The monoisotopic (exact) mass is 258 g/mol. The number of aromatic nitrogens is 2. The number of aryl methyl sites for hydroxylation is 1. The summed E-state index contributed by atoms with van der Waals surface area (Å²) in [4.78, 5) is 21.0. The van der Waals surface area contributed by atoms with Gasteiger partial charge in [0.05, 0.1) is 11.3 Å². The summed E-state index contributed by atoms with van der Waals surface area (Å²) >= 11 is 0. The molecule has 0 unspecified atom stereocenters. The van der Waals surface area contributed by atoms with Crippen molar-refractivity contribution >= 4 is 5.78 Å². The molecule has 1 aromatic rings. The molecule has 3 nitrogen and oxygen atoms in total. The number of carbonyl (C=O) groups is 1. The highest BCUT2D eigenvalue weighted by molar-refractivity contribution is 5.97. The third-order valence-electron chi connectivity index (χ3n) is 4.71. The quantitative estimate of drug-likeness (QED) is 0.771. The van der Waals surface area contributed by atoms with Gasteiger partial charge in [0, 0.05) is 18.5 Å². The van der Waals surface area contributed by atoms with Crippen LogP contribution in [-0.2, 0) is 6.42 Å². The minimum absolute atomic E-state index is 0.220. The number of ketones is 1. The van der Waals surface area contributed by atoms with Crippen LogP contribution < -0.4 is 0 Å². The minimum Gasteiger partial charge on any atom is -0.294 e. The summed E-state index contributed by atoms with van der Waals surface area (Å²) in [5.41, 5.74) is 2.23. The number of fused-ring (bicyclic) bond motifs is 1. The standard InChI is InChI=1S/C16H22N2O/c1-16(2)8-6-11(7-9-16)15-17-10-12-13(18-15)4-3-5-14(12)19/h10-11H,3-9H2,1-2H3. The first kappa shape index (κ1) is 12.8. The lowest BCUT2D eigenvalue weighted by Gasteiger charge is -2.33. The third-order valence-corrected chi connectivity index (χ3v) is 4.71. The van der Waals surface area contributed by atoms with E-state index in [1.807, 2.05) is 0 Å². The van der Waals surface area contributed by atoms with Crippen LogP contribution in [0.1, 0.15) is 80.2 Å². The molecule has 0 bridgehead atoms. The molecule has 1 fully saturated rings. The van der Waals surface area contributed by atoms with Crippen LogP contribution in [0.2, 0.25) is 0 Å². The Morgan fingerprint density at radius 1 is 1.21 bits per heavy atom. The van der Waals surface area contributed by atoms with Gasteiger partial charge >= 0.3 is 0 Å². The largest absolute Gasteiger partial charge is 0.294 e. The number of nitrogens with zero attached hydrogens (tertiary/aromatic N) is 2. The van der Waals surface area contributed by atoms with E-state index in [2.05, 4.69) is 18.8 Å². The van der Waals surface area contributed by atoms with Crippen molar-refractivity contribution in [2.45, 2.75) is 64.7 Å². The number of Topliss-reactive ketones (excluding diaryl/α,β-unsaturated/α-hetero) is 1. The molecule has 102 valence electrons. The van der Waals surface area contributed by atoms with Gasteiger partial charge in [-0.25, -0.2) is 9.97 Å². The number of carbonyl (C=O) groups excluding carboxylic acids is 1. The Balaban J connectivity index is 1.81. The molecule has 0 aliphatic heterocycles. The van der Waals surface area contributed by atoms with Gasteiger partial charge in [0.15, 0.2) is 5.78 Å². The Morgan fingerprint density at radius 2 is 1.95 bits per heavy atom. The molecule has 0 spiro atoms. The van der Waals surface area contributed by atoms with Crippen LogP contribution in [0.25, 0.3) is 0 Å². The summed E-state index contributed by atoms with van der Waals surface area (Å²) in [6, 6.07) is 0. The fourth-order valence-electron chi connectivity index (χ4n) is 3.26. The highest BCUT2D eigenvalue weighted by Gasteiger charge is 2.30. The zero-order valence-electron chi connectivity index (χ0n) is 11.9. The van der Waals surface area contributed by atoms with E-state index in [0.717, 1.165) is 29.9 Å². The normalized spacial score (nSPS) is 23.2. The highest BCUT2D eigenvalue weighted by atomic mass is 16.1. The fraction of sp³-hybridized carbons (Fsp3) is 0.688. The molecule has 2 aliphatic carbocycles. The maximum atomic E-state index is 11.8. The summed E-state index contributed by atoms with van der Waals surface area (Å²) in [5.74, 6) is 1.69. The first-order chi connectivity index (χ1) is 9.05. The second-order valence-corrected chi connectivity index (χ2v) is 6.80. The smallest absolute Gasteiger partial charge is 0.166 e. The highest BCUT2D eigenvalue weighted by Crippen LogP contribution is 2.41. The molecule has 0 radical (unpaired) electrons. The van der Waals surface area contributed by atoms with Gasteiger partial charge in [-0.15, -0.1) is 0 Å². The van der Waals surface area contributed by atoms with E-state index in [1.165, 1.54) is 25.7 Å². The van der Waals surface area contributed by atoms with Crippen molar-refractivity contribution in [1.82, 2.24) is 9.97 Å². The van der Waals surface area contributed by atoms with Crippen molar-refractivity contribution in [3.8, 4) is 0 Å². The predicted molar refractivity (Wildman–Crippen MR) is 74.3 cm³/mol. The molecular weight excluding hydrogens is 236 g/mol. The third kappa shape index (κ3) is 2.56. The summed E-state index contributed by atoms with van der Waals surface area (Å²) < 4.78 is 0. The Labute approximate surface area is 114 Å². The zero-order valence-corrected chi connectivity index (χ0v) is 11.9. The lowest BCUT2D eigenvalue weighted by molar-refractivity contribution is 0.0971. The average Bonchev–Trinajstić information content (AvgIpc) is 2.38. The first-order valence-electron chi connectivity index (χ1n) is 7.44. The SMILES string of the molecule is CC1(C)CCC(c2ncc3c(n2)CCCC3=O)CC1. The Bertz CT molecular complexity index is 497. The van der Waals surface area contributed by atoms with Crippen molar-refractivity contribution in [2.75, 3.05) is 0 Å². The molecule has 0 atom stereocenters. The van der Waals surface area contributed by atoms with Crippen LogP contribution in [0.15, 0.2) is 6.20 Å². The number of hydrogen-bond acceptors (Lipinski definition) is 3. The molecule has 1 aromatic heterocycles. The lowest BCUT2D eigenvalue weighted by Crippen LogP contribution is -2.22. The van der Waals surface area contributed by atoms with E-state index < -0.39 is 0 Å². The number of hydrogen-bond donors (Lipinski definition) is 0. The summed E-state index contributed by atoms with van der Waals surface area (Å²) in [6.45, 7) is 4.69. The molecule has 1 heterocycles. The van der Waals surface area contributed by atoms with Gasteiger partial charge < -0.3 is 0 Å². The average molecular weight is 258 g/mol.